The summed E-state index contributed by atoms with van der Waals surface area (Å²) >= 11 is 0. The van der Waals surface area contributed by atoms with Gasteiger partial charge in [-0.25, -0.2) is 9.97 Å². The highest BCUT2D eigenvalue weighted by Gasteiger charge is 2.22. The highest BCUT2D eigenvalue weighted by molar-refractivity contribution is 6.17. The number of rotatable bonds is 7. The molecule has 0 aliphatic carbocycles. The van der Waals surface area contributed by atoms with Crippen molar-refractivity contribution >= 4 is 44.4 Å². The lowest BCUT2D eigenvalue weighted by Crippen LogP contribution is -1.99. The van der Waals surface area contributed by atoms with Gasteiger partial charge in [-0.2, -0.15) is 5.11 Å². The maximum atomic E-state index is 13.0. The maximum absolute atomic E-state index is 13.0. The third-order valence-electron chi connectivity index (χ3n) is 7.32. The normalized spacial score (nSPS) is 11.7. The van der Waals surface area contributed by atoms with E-state index in [2.05, 4.69) is 20.4 Å². The van der Waals surface area contributed by atoms with Crippen molar-refractivity contribution in [3.05, 3.63) is 71.4 Å². The van der Waals surface area contributed by atoms with Gasteiger partial charge >= 0.3 is 0 Å². The van der Waals surface area contributed by atoms with E-state index in [-0.39, 0.29) is 18.7 Å². The first-order valence-corrected chi connectivity index (χ1v) is 13.5. The van der Waals surface area contributed by atoms with E-state index in [0.29, 0.717) is 28.5 Å². The number of nitrogens with one attached hydrogen (secondary N) is 1. The largest absolute Gasteiger partial charge is 0.496 e. The number of azo groups is 1. The Morgan fingerprint density at radius 3 is 2.48 bits per heavy atom. The molecule has 10 nitrogen and oxygen atoms in total. The number of carbonyl (C=O) groups excluding carboxylic acids is 2. The van der Waals surface area contributed by atoms with Crippen LogP contribution in [0.5, 0.6) is 5.75 Å². The van der Waals surface area contributed by atoms with Gasteiger partial charge < -0.3 is 14.2 Å². The number of ether oxygens (including phenoxy) is 1. The predicted octanol–water partition coefficient (Wildman–Crippen LogP) is 7.09. The standard InChI is InChI=1S/C32H28N6O4/c1-16(39)12-13-33-37-32(40)23-11-10-22(20-8-6-7-9-21(20)23)30-29-24-15-27(41-5)25(28-17(2)38-42-18(28)3)14-26(24)36-31(29)35-19(4)34-30/h6-11,14-15H,12-13H2,1-5H3,(H,34,35,36). The van der Waals surface area contributed by atoms with E-state index in [1.54, 1.807) is 13.2 Å². The number of ketones is 1. The molecule has 0 unspecified atom stereocenters. The number of aromatic nitrogens is 4. The van der Waals surface area contributed by atoms with Crippen LogP contribution in [0.2, 0.25) is 0 Å². The third kappa shape index (κ3) is 4.60. The number of aromatic amines is 1. The SMILES string of the molecule is COc1cc2c(cc1-c1c(C)noc1C)[nH]c1nc(C)nc(-c3ccc(C(=O)N=NCCC(C)=O)c4ccccc34)c12. The Kier molecular flexibility index (Phi) is 6.82. The molecule has 6 aromatic rings. The summed E-state index contributed by atoms with van der Waals surface area (Å²) in [6.45, 7) is 7.30. The molecule has 10 heteroatoms. The van der Waals surface area contributed by atoms with Crippen LogP contribution in [0.15, 0.2) is 63.3 Å². The first kappa shape index (κ1) is 26.9. The van der Waals surface area contributed by atoms with Crippen LogP contribution in [0.3, 0.4) is 0 Å². The molecule has 0 aliphatic rings. The molecular weight excluding hydrogens is 532 g/mol. The quantitative estimate of drug-likeness (QED) is 0.206. The van der Waals surface area contributed by atoms with Crippen LogP contribution in [-0.2, 0) is 4.79 Å². The highest BCUT2D eigenvalue weighted by atomic mass is 16.5. The third-order valence-corrected chi connectivity index (χ3v) is 7.32. The van der Waals surface area contributed by atoms with Gasteiger partial charge in [0.25, 0.3) is 5.91 Å². The van der Waals surface area contributed by atoms with Crippen LogP contribution < -0.4 is 4.74 Å². The van der Waals surface area contributed by atoms with Gasteiger partial charge in [-0.3, -0.25) is 9.59 Å². The van der Waals surface area contributed by atoms with Gasteiger partial charge in [-0.05, 0) is 56.7 Å². The number of methoxy groups -OCH3 is 1. The Hall–Kier alpha value is -5.25. The summed E-state index contributed by atoms with van der Waals surface area (Å²) in [5.74, 6) is 1.51. The lowest BCUT2D eigenvalue weighted by molar-refractivity contribution is -0.116. The number of aryl methyl sites for hydroxylation is 3. The Labute approximate surface area is 240 Å². The van der Waals surface area contributed by atoms with Crippen LogP contribution in [0.4, 0.5) is 0 Å². The Morgan fingerprint density at radius 1 is 0.976 bits per heavy atom. The zero-order chi connectivity index (χ0) is 29.5. The van der Waals surface area contributed by atoms with E-state index in [1.807, 2.05) is 63.2 Å². The Morgan fingerprint density at radius 2 is 1.76 bits per heavy atom. The summed E-state index contributed by atoms with van der Waals surface area (Å²) in [5, 5.41) is 15.2. The molecule has 0 atom stereocenters. The summed E-state index contributed by atoms with van der Waals surface area (Å²) in [7, 11) is 1.64. The van der Waals surface area contributed by atoms with Crippen molar-refractivity contribution in [2.24, 2.45) is 10.2 Å². The maximum Gasteiger partial charge on any atom is 0.295 e. The van der Waals surface area contributed by atoms with Gasteiger partial charge in [0.05, 0.1) is 41.6 Å². The lowest BCUT2D eigenvalue weighted by atomic mass is 9.95. The van der Waals surface area contributed by atoms with Gasteiger partial charge in [0.15, 0.2) is 0 Å². The van der Waals surface area contributed by atoms with Crippen LogP contribution in [0.1, 0.15) is 41.0 Å². The van der Waals surface area contributed by atoms with E-state index >= 15 is 0 Å². The van der Waals surface area contributed by atoms with Crippen molar-refractivity contribution in [1.82, 2.24) is 20.1 Å². The minimum absolute atomic E-state index is 0.00232. The fourth-order valence-electron chi connectivity index (χ4n) is 5.43. The number of nitrogens with zero attached hydrogens (tertiary/aromatic N) is 5. The van der Waals surface area contributed by atoms with E-state index in [9.17, 15) is 9.59 Å². The van der Waals surface area contributed by atoms with Crippen LogP contribution >= 0.6 is 0 Å². The second-order valence-electron chi connectivity index (χ2n) is 10.2. The molecule has 3 aromatic carbocycles. The molecule has 0 aliphatic heterocycles. The number of amides is 1. The van der Waals surface area contributed by atoms with Gasteiger partial charge in [0.2, 0.25) is 0 Å². The van der Waals surface area contributed by atoms with Gasteiger partial charge in [0, 0.05) is 28.5 Å². The Balaban J connectivity index is 1.55. The minimum atomic E-state index is -0.464. The van der Waals surface area contributed by atoms with Crippen molar-refractivity contribution in [2.45, 2.75) is 34.1 Å². The number of H-pyrrole nitrogens is 1. The highest BCUT2D eigenvalue weighted by Crippen LogP contribution is 2.42. The van der Waals surface area contributed by atoms with E-state index in [1.165, 1.54) is 6.92 Å². The van der Waals surface area contributed by atoms with Crippen molar-refractivity contribution in [3.63, 3.8) is 0 Å². The van der Waals surface area contributed by atoms with E-state index < -0.39 is 5.91 Å². The molecular formula is C32H28N6O4. The van der Waals surface area contributed by atoms with Gasteiger partial charge in [-0.15, -0.1) is 5.11 Å². The molecule has 3 heterocycles. The molecule has 0 fully saturated rings. The number of carbonyl (C=O) groups is 2. The fraction of sp³-hybridized carbons (Fsp3) is 0.219. The van der Waals surface area contributed by atoms with Crippen LogP contribution in [0.25, 0.3) is 55.1 Å². The van der Waals surface area contributed by atoms with Crippen LogP contribution in [-0.4, -0.2) is 45.5 Å². The number of Topliss-reactive ketones (excluding diaryl/α,β-unsaturated/α-hetero) is 1. The molecule has 0 spiro atoms. The van der Waals surface area contributed by atoms with Crippen molar-refractivity contribution in [2.75, 3.05) is 13.7 Å². The average molecular weight is 561 g/mol. The van der Waals surface area contributed by atoms with Gasteiger partial charge in [0.1, 0.15) is 28.8 Å². The number of fused-ring (bicyclic) bond motifs is 4. The van der Waals surface area contributed by atoms with E-state index in [4.69, 9.17) is 19.2 Å². The molecule has 1 N–H and O–H groups in total. The second kappa shape index (κ2) is 10.6. The first-order chi connectivity index (χ1) is 20.3. The summed E-state index contributed by atoms with van der Waals surface area (Å²) in [5.41, 5.74) is 6.09. The zero-order valence-corrected chi connectivity index (χ0v) is 23.9. The summed E-state index contributed by atoms with van der Waals surface area (Å²) in [6.07, 6.45) is 0.245. The Bertz CT molecular complexity index is 2050. The number of hydrogen-bond acceptors (Lipinski definition) is 8. The van der Waals surface area contributed by atoms with Gasteiger partial charge in [-0.1, -0.05) is 35.5 Å². The summed E-state index contributed by atoms with van der Waals surface area (Å²) in [6, 6.07) is 15.3. The van der Waals surface area contributed by atoms with E-state index in [0.717, 1.165) is 55.1 Å². The number of benzene rings is 3. The molecule has 3 aromatic heterocycles. The van der Waals surface area contributed by atoms with Crippen molar-refractivity contribution in [3.8, 4) is 28.1 Å². The molecule has 0 bridgehead atoms. The van der Waals surface area contributed by atoms with Crippen molar-refractivity contribution in [1.29, 1.82) is 0 Å². The molecule has 1 amide bonds. The zero-order valence-electron chi connectivity index (χ0n) is 23.9. The molecule has 210 valence electrons. The fourth-order valence-corrected chi connectivity index (χ4v) is 5.43. The smallest absolute Gasteiger partial charge is 0.295 e. The number of hydrogen-bond donors (Lipinski definition) is 1. The summed E-state index contributed by atoms with van der Waals surface area (Å²) in [4.78, 5) is 37.3. The topological polar surface area (TPSA) is 136 Å². The molecule has 0 radical (unpaired) electrons. The van der Waals surface area contributed by atoms with Crippen molar-refractivity contribution < 1.29 is 18.8 Å². The monoisotopic (exact) mass is 560 g/mol. The molecule has 0 saturated carbocycles. The van der Waals surface area contributed by atoms with Crippen LogP contribution in [0, 0.1) is 20.8 Å². The molecule has 0 saturated heterocycles. The minimum Gasteiger partial charge on any atom is -0.496 e. The lowest BCUT2D eigenvalue weighted by Gasteiger charge is -2.12. The molecule has 42 heavy (non-hydrogen) atoms. The molecule has 6 rings (SSSR count). The second-order valence-corrected chi connectivity index (χ2v) is 10.2. The first-order valence-electron chi connectivity index (χ1n) is 13.5. The predicted molar refractivity (Wildman–Crippen MR) is 160 cm³/mol. The average Bonchev–Trinajstić information content (AvgIpc) is 3.50. The summed E-state index contributed by atoms with van der Waals surface area (Å²) < 4.78 is 11.3.